The Kier molecular flexibility index (Phi) is 5.74. The van der Waals surface area contributed by atoms with Crippen LogP contribution in [0.4, 0.5) is 0 Å². The standard InChI is InChI=1S/C23H27N3O2/c1-28-16-15-26-18-21(20-9-5-6-10-22(20)26)23(27)25-13-11-24(12-14-25)17-19-7-3-2-4-8-19/h2-10,18H,11-17H2,1H3. The van der Waals surface area contributed by atoms with E-state index in [2.05, 4.69) is 39.8 Å². The molecule has 146 valence electrons. The lowest BCUT2D eigenvalue weighted by atomic mass is 10.1. The van der Waals surface area contributed by atoms with Crippen molar-refractivity contribution in [3.63, 3.8) is 0 Å². The first-order chi connectivity index (χ1) is 13.8. The Bertz CT molecular complexity index is 927. The second-order valence-corrected chi connectivity index (χ2v) is 7.30. The predicted molar refractivity (Wildman–Crippen MR) is 111 cm³/mol. The summed E-state index contributed by atoms with van der Waals surface area (Å²) in [4.78, 5) is 17.6. The molecule has 0 bridgehead atoms. The van der Waals surface area contributed by atoms with Gasteiger partial charge in [0.2, 0.25) is 0 Å². The quantitative estimate of drug-likeness (QED) is 0.662. The van der Waals surface area contributed by atoms with Crippen LogP contribution in [0.25, 0.3) is 10.9 Å². The molecule has 5 heteroatoms. The van der Waals surface area contributed by atoms with Crippen LogP contribution in [0.2, 0.25) is 0 Å². The van der Waals surface area contributed by atoms with Crippen LogP contribution in [0.1, 0.15) is 15.9 Å². The normalized spacial score (nSPS) is 15.2. The summed E-state index contributed by atoms with van der Waals surface area (Å²) in [5, 5.41) is 1.02. The maximum Gasteiger partial charge on any atom is 0.256 e. The fourth-order valence-corrected chi connectivity index (χ4v) is 3.91. The average molecular weight is 377 g/mol. The first-order valence-electron chi connectivity index (χ1n) is 9.88. The van der Waals surface area contributed by atoms with Gasteiger partial charge in [0.25, 0.3) is 5.91 Å². The summed E-state index contributed by atoms with van der Waals surface area (Å²) in [6.07, 6.45) is 1.99. The zero-order valence-corrected chi connectivity index (χ0v) is 16.4. The summed E-state index contributed by atoms with van der Waals surface area (Å²) < 4.78 is 7.34. The molecule has 28 heavy (non-hydrogen) atoms. The van der Waals surface area contributed by atoms with E-state index in [-0.39, 0.29) is 5.91 Å². The number of aromatic nitrogens is 1. The second kappa shape index (κ2) is 8.59. The van der Waals surface area contributed by atoms with Crippen LogP contribution in [-0.2, 0) is 17.8 Å². The third kappa shape index (κ3) is 3.96. The number of benzene rings is 2. The highest BCUT2D eigenvalue weighted by atomic mass is 16.5. The van der Waals surface area contributed by atoms with E-state index >= 15 is 0 Å². The van der Waals surface area contributed by atoms with Gasteiger partial charge in [-0.25, -0.2) is 0 Å². The molecule has 0 atom stereocenters. The largest absolute Gasteiger partial charge is 0.383 e. The molecule has 5 nitrogen and oxygen atoms in total. The third-order valence-corrected chi connectivity index (χ3v) is 5.46. The Morgan fingerprint density at radius 1 is 0.964 bits per heavy atom. The van der Waals surface area contributed by atoms with Crippen LogP contribution in [-0.4, -0.2) is 60.2 Å². The minimum Gasteiger partial charge on any atom is -0.383 e. The maximum absolute atomic E-state index is 13.2. The number of carbonyl (C=O) groups is 1. The molecule has 0 saturated carbocycles. The number of amides is 1. The van der Waals surface area contributed by atoms with Gasteiger partial charge in [-0.3, -0.25) is 9.69 Å². The third-order valence-electron chi connectivity index (χ3n) is 5.46. The monoisotopic (exact) mass is 377 g/mol. The number of carbonyl (C=O) groups excluding carboxylic acids is 1. The van der Waals surface area contributed by atoms with E-state index in [0.29, 0.717) is 6.61 Å². The molecule has 1 aliphatic rings. The summed E-state index contributed by atoms with van der Waals surface area (Å²) in [5.41, 5.74) is 3.21. The van der Waals surface area contributed by atoms with Crippen molar-refractivity contribution in [2.45, 2.75) is 13.1 Å². The molecule has 2 heterocycles. The second-order valence-electron chi connectivity index (χ2n) is 7.30. The Labute approximate surface area is 166 Å². The minimum atomic E-state index is 0.131. The lowest BCUT2D eigenvalue weighted by molar-refractivity contribution is 0.0630. The first kappa shape index (κ1) is 18.7. The molecule has 1 aromatic heterocycles. The number of piperazine rings is 1. The predicted octanol–water partition coefficient (Wildman–Crippen LogP) is 3.25. The number of para-hydroxylation sites is 1. The molecule has 0 aliphatic carbocycles. The van der Waals surface area contributed by atoms with Gasteiger partial charge in [0.05, 0.1) is 12.2 Å². The highest BCUT2D eigenvalue weighted by molar-refractivity contribution is 6.07. The zero-order valence-electron chi connectivity index (χ0n) is 16.4. The number of nitrogens with zero attached hydrogens (tertiary/aromatic N) is 3. The van der Waals surface area contributed by atoms with Crippen molar-refractivity contribution in [2.75, 3.05) is 39.9 Å². The molecule has 3 aromatic rings. The van der Waals surface area contributed by atoms with E-state index in [1.54, 1.807) is 7.11 Å². The summed E-state index contributed by atoms with van der Waals surface area (Å²) in [6, 6.07) is 18.6. The van der Waals surface area contributed by atoms with Crippen LogP contribution >= 0.6 is 0 Å². The van der Waals surface area contributed by atoms with Crippen molar-refractivity contribution in [1.82, 2.24) is 14.4 Å². The van der Waals surface area contributed by atoms with E-state index < -0.39 is 0 Å². The SMILES string of the molecule is COCCn1cc(C(=O)N2CCN(Cc3ccccc3)CC2)c2ccccc21. The van der Waals surface area contributed by atoms with Crippen molar-refractivity contribution >= 4 is 16.8 Å². The summed E-state index contributed by atoms with van der Waals surface area (Å²) in [5.74, 6) is 0.131. The van der Waals surface area contributed by atoms with Gasteiger partial charge < -0.3 is 14.2 Å². The summed E-state index contributed by atoms with van der Waals surface area (Å²) >= 11 is 0. The molecule has 1 aliphatic heterocycles. The Morgan fingerprint density at radius 2 is 1.68 bits per heavy atom. The van der Waals surface area contributed by atoms with Gasteiger partial charge in [-0.05, 0) is 11.6 Å². The van der Waals surface area contributed by atoms with Gasteiger partial charge in [-0.1, -0.05) is 48.5 Å². The molecule has 1 saturated heterocycles. The van der Waals surface area contributed by atoms with Gasteiger partial charge in [0.15, 0.2) is 0 Å². The fraction of sp³-hybridized carbons (Fsp3) is 0.348. The topological polar surface area (TPSA) is 37.7 Å². The number of ether oxygens (including phenoxy) is 1. The smallest absolute Gasteiger partial charge is 0.256 e. The van der Waals surface area contributed by atoms with Gasteiger partial charge in [-0.2, -0.15) is 0 Å². The van der Waals surface area contributed by atoms with Crippen LogP contribution in [0.3, 0.4) is 0 Å². The van der Waals surface area contributed by atoms with Crippen LogP contribution in [0, 0.1) is 0 Å². The zero-order chi connectivity index (χ0) is 19.3. The van der Waals surface area contributed by atoms with Gasteiger partial charge in [0, 0.05) is 63.5 Å². The number of rotatable bonds is 6. The lowest BCUT2D eigenvalue weighted by Crippen LogP contribution is -2.48. The van der Waals surface area contributed by atoms with Crippen LogP contribution in [0.15, 0.2) is 60.8 Å². The molecule has 1 amide bonds. The van der Waals surface area contributed by atoms with Crippen molar-refractivity contribution < 1.29 is 9.53 Å². The number of fused-ring (bicyclic) bond motifs is 1. The minimum absolute atomic E-state index is 0.131. The molecule has 1 fully saturated rings. The fourth-order valence-electron chi connectivity index (χ4n) is 3.91. The highest BCUT2D eigenvalue weighted by Gasteiger charge is 2.24. The summed E-state index contributed by atoms with van der Waals surface area (Å²) in [6.45, 7) is 5.66. The maximum atomic E-state index is 13.2. The first-order valence-corrected chi connectivity index (χ1v) is 9.88. The van der Waals surface area contributed by atoms with E-state index in [0.717, 1.165) is 55.7 Å². The van der Waals surface area contributed by atoms with Crippen molar-refractivity contribution in [2.24, 2.45) is 0 Å². The Hall–Kier alpha value is -2.63. The lowest BCUT2D eigenvalue weighted by Gasteiger charge is -2.34. The van der Waals surface area contributed by atoms with Crippen molar-refractivity contribution in [3.05, 3.63) is 71.9 Å². The van der Waals surface area contributed by atoms with Gasteiger partial charge in [0.1, 0.15) is 0 Å². The van der Waals surface area contributed by atoms with Crippen molar-refractivity contribution in [1.29, 1.82) is 0 Å². The Balaban J connectivity index is 1.45. The molecule has 4 rings (SSSR count). The van der Waals surface area contributed by atoms with E-state index in [4.69, 9.17) is 4.74 Å². The van der Waals surface area contributed by atoms with Crippen molar-refractivity contribution in [3.8, 4) is 0 Å². The van der Waals surface area contributed by atoms with Gasteiger partial charge >= 0.3 is 0 Å². The molecular weight excluding hydrogens is 350 g/mol. The summed E-state index contributed by atoms with van der Waals surface area (Å²) in [7, 11) is 1.70. The average Bonchev–Trinajstić information content (AvgIpc) is 3.12. The molecule has 2 aromatic carbocycles. The number of methoxy groups -OCH3 is 1. The number of hydrogen-bond donors (Lipinski definition) is 0. The number of hydrogen-bond acceptors (Lipinski definition) is 3. The van der Waals surface area contributed by atoms with E-state index in [1.807, 2.05) is 35.4 Å². The highest BCUT2D eigenvalue weighted by Crippen LogP contribution is 2.23. The molecule has 0 N–H and O–H groups in total. The van der Waals surface area contributed by atoms with Crippen LogP contribution < -0.4 is 0 Å². The van der Waals surface area contributed by atoms with E-state index in [1.165, 1.54) is 5.56 Å². The Morgan fingerprint density at radius 3 is 2.43 bits per heavy atom. The van der Waals surface area contributed by atoms with Gasteiger partial charge in [-0.15, -0.1) is 0 Å². The molecule has 0 radical (unpaired) electrons. The molecule has 0 spiro atoms. The molecular formula is C23H27N3O2. The molecule has 0 unspecified atom stereocenters. The van der Waals surface area contributed by atoms with Crippen LogP contribution in [0.5, 0.6) is 0 Å². The van der Waals surface area contributed by atoms with E-state index in [9.17, 15) is 4.79 Å².